The number of carbonyl (C=O) groups excluding carboxylic acids is 1. The van der Waals surface area contributed by atoms with E-state index in [1.165, 1.54) is 17.7 Å². The van der Waals surface area contributed by atoms with E-state index in [4.69, 9.17) is 9.72 Å². The van der Waals surface area contributed by atoms with Crippen LogP contribution in [0.3, 0.4) is 0 Å². The molecule has 8 heteroatoms. The molecule has 0 unspecified atom stereocenters. The number of benzene rings is 1. The summed E-state index contributed by atoms with van der Waals surface area (Å²) in [7, 11) is 5.82. The zero-order valence-electron chi connectivity index (χ0n) is 19.6. The molecule has 174 valence electrons. The van der Waals surface area contributed by atoms with Crippen LogP contribution in [0.2, 0.25) is 0 Å². The van der Waals surface area contributed by atoms with E-state index in [0.717, 1.165) is 48.0 Å². The number of nitrogens with zero attached hydrogens (tertiary/aromatic N) is 5. The van der Waals surface area contributed by atoms with E-state index < -0.39 is 0 Å². The number of hydrogen-bond acceptors (Lipinski definition) is 6. The van der Waals surface area contributed by atoms with Gasteiger partial charge in [0.15, 0.2) is 5.82 Å². The van der Waals surface area contributed by atoms with Crippen molar-refractivity contribution in [2.75, 3.05) is 39.2 Å². The molecule has 8 nitrogen and oxygen atoms in total. The summed E-state index contributed by atoms with van der Waals surface area (Å²) in [5.41, 5.74) is 3.46. The Morgan fingerprint density at radius 1 is 1.03 bits per heavy atom. The molecule has 2 aromatic heterocycles. The SMILES string of the molecule is CN(C)CCCOc1ccc(-c2ccc3ncc(N(C)C(=O)NC4CCCC4)nc3c2)cn1. The lowest BCUT2D eigenvalue weighted by molar-refractivity contribution is 0.243. The Morgan fingerprint density at radius 2 is 1.82 bits per heavy atom. The van der Waals surface area contributed by atoms with E-state index in [-0.39, 0.29) is 12.1 Å². The molecule has 0 aliphatic heterocycles. The van der Waals surface area contributed by atoms with Crippen molar-refractivity contribution in [3.63, 3.8) is 0 Å². The highest BCUT2D eigenvalue weighted by Gasteiger charge is 2.20. The van der Waals surface area contributed by atoms with Crippen LogP contribution in [-0.2, 0) is 0 Å². The van der Waals surface area contributed by atoms with Crippen molar-refractivity contribution in [3.05, 3.63) is 42.7 Å². The second-order valence-electron chi connectivity index (χ2n) is 8.81. The van der Waals surface area contributed by atoms with Gasteiger partial charge in [0.2, 0.25) is 5.88 Å². The molecule has 33 heavy (non-hydrogen) atoms. The molecular formula is C25H32N6O2. The number of fused-ring (bicyclic) bond motifs is 1. The van der Waals surface area contributed by atoms with Crippen molar-refractivity contribution in [1.82, 2.24) is 25.2 Å². The lowest BCUT2D eigenvalue weighted by Gasteiger charge is -2.20. The predicted molar refractivity (Wildman–Crippen MR) is 131 cm³/mol. The Bertz CT molecular complexity index is 1080. The minimum atomic E-state index is -0.142. The number of amides is 2. The lowest BCUT2D eigenvalue weighted by atomic mass is 10.1. The zero-order valence-corrected chi connectivity index (χ0v) is 19.6. The van der Waals surface area contributed by atoms with Crippen LogP contribution in [0, 0.1) is 0 Å². The minimum absolute atomic E-state index is 0.142. The molecule has 0 radical (unpaired) electrons. The van der Waals surface area contributed by atoms with Crippen LogP contribution in [-0.4, -0.2) is 66.2 Å². The largest absolute Gasteiger partial charge is 0.478 e. The number of anilines is 1. The first kappa shape index (κ1) is 22.9. The van der Waals surface area contributed by atoms with Crippen molar-refractivity contribution < 1.29 is 9.53 Å². The highest BCUT2D eigenvalue weighted by molar-refractivity contribution is 5.92. The maximum absolute atomic E-state index is 12.6. The normalized spacial score (nSPS) is 14.1. The fraction of sp³-hybridized carbons (Fsp3) is 0.440. The topological polar surface area (TPSA) is 83.5 Å². The van der Waals surface area contributed by atoms with Crippen molar-refractivity contribution in [2.45, 2.75) is 38.1 Å². The molecule has 1 aliphatic rings. The zero-order chi connectivity index (χ0) is 23.2. The smallest absolute Gasteiger partial charge is 0.323 e. The maximum Gasteiger partial charge on any atom is 0.323 e. The van der Waals surface area contributed by atoms with Gasteiger partial charge in [0.1, 0.15) is 0 Å². The number of hydrogen-bond donors (Lipinski definition) is 1. The second kappa shape index (κ2) is 10.6. The Kier molecular flexibility index (Phi) is 7.34. The van der Waals surface area contributed by atoms with Crippen LogP contribution >= 0.6 is 0 Å². The molecule has 0 atom stereocenters. The highest BCUT2D eigenvalue weighted by Crippen LogP contribution is 2.25. The molecule has 0 bridgehead atoms. The van der Waals surface area contributed by atoms with E-state index in [9.17, 15) is 4.79 Å². The van der Waals surface area contributed by atoms with Gasteiger partial charge in [-0.05, 0) is 57.1 Å². The first-order valence-corrected chi connectivity index (χ1v) is 11.5. The standard InChI is InChI=1S/C25H32N6O2/c1-30(2)13-6-14-33-24-12-10-19(16-27-24)18-9-11-21-22(15-18)29-23(17-26-21)31(3)25(32)28-20-7-4-5-8-20/h9-12,15-17,20H,4-8,13-14H2,1-3H3,(H,28,32). The van der Waals surface area contributed by atoms with Crippen LogP contribution in [0.4, 0.5) is 10.6 Å². The van der Waals surface area contributed by atoms with Gasteiger partial charge in [0.05, 0.1) is 23.8 Å². The molecule has 1 fully saturated rings. The fourth-order valence-corrected chi connectivity index (χ4v) is 3.98. The van der Waals surface area contributed by atoms with E-state index in [2.05, 4.69) is 20.2 Å². The van der Waals surface area contributed by atoms with Gasteiger partial charge in [-0.25, -0.2) is 14.8 Å². The van der Waals surface area contributed by atoms with Gasteiger partial charge in [0, 0.05) is 37.5 Å². The third-order valence-corrected chi connectivity index (χ3v) is 5.93. The summed E-state index contributed by atoms with van der Waals surface area (Å²) in [5, 5.41) is 3.09. The average Bonchev–Trinajstić information content (AvgIpc) is 3.34. The van der Waals surface area contributed by atoms with Crippen LogP contribution in [0.15, 0.2) is 42.7 Å². The summed E-state index contributed by atoms with van der Waals surface area (Å²) in [6, 6.07) is 9.91. The van der Waals surface area contributed by atoms with Crippen molar-refractivity contribution in [2.24, 2.45) is 0 Å². The molecule has 1 aromatic carbocycles. The summed E-state index contributed by atoms with van der Waals surface area (Å²) in [6.07, 6.45) is 8.83. The number of ether oxygens (including phenoxy) is 1. The van der Waals surface area contributed by atoms with Gasteiger partial charge in [-0.3, -0.25) is 9.88 Å². The summed E-state index contributed by atoms with van der Waals surface area (Å²) in [4.78, 5) is 29.9. The van der Waals surface area contributed by atoms with Gasteiger partial charge in [-0.1, -0.05) is 18.9 Å². The third-order valence-electron chi connectivity index (χ3n) is 5.93. The fourth-order valence-electron chi connectivity index (χ4n) is 3.98. The summed E-state index contributed by atoms with van der Waals surface area (Å²) in [5.74, 6) is 1.14. The molecule has 2 amide bonds. The van der Waals surface area contributed by atoms with Gasteiger partial charge in [-0.2, -0.15) is 0 Å². The minimum Gasteiger partial charge on any atom is -0.478 e. The van der Waals surface area contributed by atoms with E-state index in [1.807, 2.05) is 44.4 Å². The van der Waals surface area contributed by atoms with Crippen molar-refractivity contribution in [1.29, 1.82) is 0 Å². The first-order valence-electron chi connectivity index (χ1n) is 11.5. The van der Waals surface area contributed by atoms with Crippen LogP contribution < -0.4 is 15.0 Å². The van der Waals surface area contributed by atoms with E-state index >= 15 is 0 Å². The lowest BCUT2D eigenvalue weighted by Crippen LogP contribution is -2.42. The van der Waals surface area contributed by atoms with E-state index in [1.54, 1.807) is 19.4 Å². The summed E-state index contributed by atoms with van der Waals surface area (Å²) >= 11 is 0. The van der Waals surface area contributed by atoms with Gasteiger partial charge in [-0.15, -0.1) is 0 Å². The molecular weight excluding hydrogens is 416 g/mol. The number of urea groups is 1. The molecule has 0 saturated heterocycles. The van der Waals surface area contributed by atoms with Gasteiger partial charge < -0.3 is 15.0 Å². The summed E-state index contributed by atoms with van der Waals surface area (Å²) < 4.78 is 5.73. The maximum atomic E-state index is 12.6. The third kappa shape index (κ3) is 5.96. The Balaban J connectivity index is 1.45. The number of nitrogens with one attached hydrogen (secondary N) is 1. The van der Waals surface area contributed by atoms with Crippen LogP contribution in [0.25, 0.3) is 22.2 Å². The Morgan fingerprint density at radius 3 is 2.55 bits per heavy atom. The Labute approximate surface area is 195 Å². The van der Waals surface area contributed by atoms with Gasteiger partial charge >= 0.3 is 6.03 Å². The second-order valence-corrected chi connectivity index (χ2v) is 8.81. The van der Waals surface area contributed by atoms with Crippen molar-refractivity contribution >= 4 is 22.9 Å². The molecule has 1 saturated carbocycles. The molecule has 0 spiro atoms. The van der Waals surface area contributed by atoms with Gasteiger partial charge in [0.25, 0.3) is 0 Å². The molecule has 1 aliphatic carbocycles. The molecule has 2 heterocycles. The van der Waals surface area contributed by atoms with Crippen LogP contribution in [0.1, 0.15) is 32.1 Å². The highest BCUT2D eigenvalue weighted by atomic mass is 16.5. The number of rotatable bonds is 8. The molecule has 3 aromatic rings. The average molecular weight is 449 g/mol. The van der Waals surface area contributed by atoms with E-state index in [0.29, 0.717) is 18.3 Å². The quantitative estimate of drug-likeness (QED) is 0.522. The van der Waals surface area contributed by atoms with Crippen LogP contribution in [0.5, 0.6) is 5.88 Å². The molecule has 4 rings (SSSR count). The Hall–Kier alpha value is -3.26. The number of aromatic nitrogens is 3. The number of carbonyl (C=O) groups is 1. The predicted octanol–water partition coefficient (Wildman–Crippen LogP) is 4.11. The first-order chi connectivity index (χ1) is 16.0. The summed E-state index contributed by atoms with van der Waals surface area (Å²) in [6.45, 7) is 1.62. The molecule has 1 N–H and O–H groups in total. The van der Waals surface area contributed by atoms with Crippen molar-refractivity contribution in [3.8, 4) is 17.0 Å². The number of pyridine rings is 1. The monoisotopic (exact) mass is 448 g/mol.